The second kappa shape index (κ2) is 9.74. The highest BCUT2D eigenvalue weighted by Gasteiger charge is 2.27. The van der Waals surface area contributed by atoms with Gasteiger partial charge in [-0.05, 0) is 50.1 Å². The molecule has 1 atom stereocenters. The summed E-state index contributed by atoms with van der Waals surface area (Å²) in [7, 11) is -1.78. The van der Waals surface area contributed by atoms with Crippen molar-refractivity contribution in [3.63, 3.8) is 0 Å². The van der Waals surface area contributed by atoms with Crippen LogP contribution in [0.25, 0.3) is 0 Å². The molecule has 0 aromatic heterocycles. The van der Waals surface area contributed by atoms with Crippen LogP contribution in [0.4, 0.5) is 0 Å². The van der Waals surface area contributed by atoms with Crippen LogP contribution in [0.2, 0.25) is 0 Å². The van der Waals surface area contributed by atoms with Crippen LogP contribution >= 0.6 is 8.60 Å². The quantitative estimate of drug-likeness (QED) is 0.299. The fraction of sp³-hybridized carbons (Fsp3) is 0.273. The first-order chi connectivity index (χ1) is 13.6. The van der Waals surface area contributed by atoms with Crippen LogP contribution in [0.15, 0.2) is 72.5 Å². The van der Waals surface area contributed by atoms with Crippen molar-refractivity contribution in [1.82, 2.24) is 0 Å². The van der Waals surface area contributed by atoms with E-state index in [0.29, 0.717) is 30.5 Å². The van der Waals surface area contributed by atoms with E-state index in [-0.39, 0.29) is 0 Å². The Morgan fingerprint density at radius 3 is 2.25 bits per heavy atom. The molecule has 0 amide bonds. The predicted octanol–water partition coefficient (Wildman–Crippen LogP) is 6.22. The van der Waals surface area contributed by atoms with E-state index in [0.717, 1.165) is 16.7 Å². The van der Waals surface area contributed by atoms with Gasteiger partial charge in [-0.15, -0.1) is 0 Å². The van der Waals surface area contributed by atoms with Crippen LogP contribution in [0.3, 0.4) is 0 Å². The van der Waals surface area contributed by atoms with Crippen molar-refractivity contribution in [3.8, 4) is 11.5 Å². The van der Waals surface area contributed by atoms with Gasteiger partial charge in [-0.3, -0.25) is 0 Å². The van der Waals surface area contributed by atoms with Crippen molar-refractivity contribution in [2.45, 2.75) is 27.1 Å². The van der Waals surface area contributed by atoms with E-state index in [1.54, 1.807) is 6.08 Å². The van der Waals surface area contributed by atoms with Crippen molar-refractivity contribution >= 4 is 8.60 Å². The third kappa shape index (κ3) is 5.14. The molecule has 0 aliphatic carbocycles. The molecule has 0 spiro atoms. The molecule has 1 aliphatic rings. The van der Waals surface area contributed by atoms with E-state index in [9.17, 15) is 0 Å². The maximum Gasteiger partial charge on any atom is 0.530 e. The molecule has 1 unspecified atom stereocenters. The summed E-state index contributed by atoms with van der Waals surface area (Å²) in [5, 5.41) is 0. The Morgan fingerprint density at radius 2 is 1.61 bits per heavy atom. The summed E-state index contributed by atoms with van der Waals surface area (Å²) in [6, 6.07) is 15.3. The summed E-state index contributed by atoms with van der Waals surface area (Å²) < 4.78 is 29.6. The lowest BCUT2D eigenvalue weighted by Gasteiger charge is -2.22. The van der Waals surface area contributed by atoms with Gasteiger partial charge in [0.15, 0.2) is 6.29 Å². The Kier molecular flexibility index (Phi) is 7.10. The zero-order valence-electron chi connectivity index (χ0n) is 16.4. The van der Waals surface area contributed by atoms with Gasteiger partial charge in [-0.2, -0.15) is 0 Å². The van der Waals surface area contributed by atoms with Gasteiger partial charge in [0.25, 0.3) is 0 Å². The molecule has 1 heterocycles. The highest BCUT2D eigenvalue weighted by Crippen LogP contribution is 2.47. The van der Waals surface area contributed by atoms with Crippen LogP contribution in [0, 0.1) is 6.92 Å². The zero-order chi connectivity index (χ0) is 19.9. The van der Waals surface area contributed by atoms with Crippen molar-refractivity contribution in [3.05, 3.63) is 83.6 Å². The molecule has 2 aromatic rings. The molecule has 148 valence electrons. The smallest absolute Gasteiger partial charge is 0.409 e. The first-order valence-electron chi connectivity index (χ1n) is 9.10. The number of allylic oxidation sites excluding steroid dienone is 2. The summed E-state index contributed by atoms with van der Waals surface area (Å²) in [6.45, 7) is 10.8. The Balaban J connectivity index is 1.88. The molecular formula is C22H25O5P. The Labute approximate surface area is 167 Å². The van der Waals surface area contributed by atoms with Gasteiger partial charge < -0.3 is 23.0 Å². The number of aryl methyl sites for hydroxylation is 1. The molecule has 0 N–H and O–H groups in total. The number of benzene rings is 2. The molecule has 3 rings (SSSR count). The Hall–Kier alpha value is -2.33. The van der Waals surface area contributed by atoms with Crippen LogP contribution in [0.5, 0.6) is 11.5 Å². The van der Waals surface area contributed by atoms with E-state index in [4.69, 9.17) is 23.0 Å². The summed E-state index contributed by atoms with van der Waals surface area (Å²) in [4.78, 5) is 0. The van der Waals surface area contributed by atoms with Crippen LogP contribution in [-0.4, -0.2) is 13.2 Å². The zero-order valence-corrected chi connectivity index (χ0v) is 17.3. The van der Waals surface area contributed by atoms with Gasteiger partial charge in [0.1, 0.15) is 17.3 Å². The summed E-state index contributed by atoms with van der Waals surface area (Å²) >= 11 is 0. The SMILES string of the molecule is C=CC(OP(Oc1ccccc1C)Oc1ccccc1C1OCCO1)=C(C)C. The molecule has 28 heavy (non-hydrogen) atoms. The maximum atomic E-state index is 6.18. The third-order valence-corrected chi connectivity index (χ3v) is 5.12. The summed E-state index contributed by atoms with van der Waals surface area (Å²) in [5.41, 5.74) is 2.78. The number of hydrogen-bond donors (Lipinski definition) is 0. The molecule has 0 saturated carbocycles. The lowest BCUT2D eigenvalue weighted by molar-refractivity contribution is -0.0450. The largest absolute Gasteiger partial charge is 0.530 e. The highest BCUT2D eigenvalue weighted by molar-refractivity contribution is 7.42. The van der Waals surface area contributed by atoms with Crippen molar-refractivity contribution in [1.29, 1.82) is 0 Å². The molecule has 1 saturated heterocycles. The Bertz CT molecular complexity index is 838. The Morgan fingerprint density at radius 1 is 1.00 bits per heavy atom. The number of ether oxygens (including phenoxy) is 2. The second-order valence-corrected chi connectivity index (χ2v) is 7.44. The average Bonchev–Trinajstić information content (AvgIpc) is 3.22. The first kappa shape index (κ1) is 20.4. The van der Waals surface area contributed by atoms with Gasteiger partial charge in [0.05, 0.1) is 18.8 Å². The second-order valence-electron chi connectivity index (χ2n) is 6.44. The maximum absolute atomic E-state index is 6.18. The monoisotopic (exact) mass is 400 g/mol. The van der Waals surface area contributed by atoms with Crippen molar-refractivity contribution < 1.29 is 23.0 Å². The molecule has 1 fully saturated rings. The molecular weight excluding hydrogens is 375 g/mol. The molecule has 0 bridgehead atoms. The van der Waals surface area contributed by atoms with E-state index in [1.807, 2.05) is 69.3 Å². The fourth-order valence-corrected chi connectivity index (χ4v) is 3.81. The first-order valence-corrected chi connectivity index (χ1v) is 10.2. The van der Waals surface area contributed by atoms with Crippen LogP contribution in [-0.2, 0) is 14.0 Å². The van der Waals surface area contributed by atoms with E-state index >= 15 is 0 Å². The van der Waals surface area contributed by atoms with Crippen LogP contribution < -0.4 is 9.05 Å². The van der Waals surface area contributed by atoms with E-state index in [2.05, 4.69) is 6.58 Å². The van der Waals surface area contributed by atoms with E-state index in [1.165, 1.54) is 0 Å². The molecule has 6 heteroatoms. The lowest BCUT2D eigenvalue weighted by atomic mass is 10.2. The van der Waals surface area contributed by atoms with Gasteiger partial charge in [0, 0.05) is 0 Å². The van der Waals surface area contributed by atoms with Gasteiger partial charge in [0.2, 0.25) is 0 Å². The molecule has 0 radical (unpaired) electrons. The van der Waals surface area contributed by atoms with Gasteiger partial charge >= 0.3 is 8.60 Å². The molecule has 5 nitrogen and oxygen atoms in total. The predicted molar refractivity (Wildman–Crippen MR) is 110 cm³/mol. The third-order valence-electron chi connectivity index (χ3n) is 4.09. The minimum absolute atomic E-state index is 0.450. The number of hydrogen-bond acceptors (Lipinski definition) is 5. The number of para-hydroxylation sites is 2. The topological polar surface area (TPSA) is 46.2 Å². The van der Waals surface area contributed by atoms with E-state index < -0.39 is 14.9 Å². The van der Waals surface area contributed by atoms with Gasteiger partial charge in [-0.25, -0.2) is 0 Å². The standard InChI is InChI=1S/C22H25O5P/c1-5-19(16(2)3)25-28(26-20-12-8-6-10-17(20)4)27-21-13-9-7-11-18(21)22-23-14-15-24-22/h5-13,22H,1,14-15H2,2-4H3. The molecule has 2 aromatic carbocycles. The average molecular weight is 400 g/mol. The molecule has 1 aliphatic heterocycles. The summed E-state index contributed by atoms with van der Waals surface area (Å²) in [5.74, 6) is 1.94. The highest BCUT2D eigenvalue weighted by atomic mass is 31.2. The fourth-order valence-electron chi connectivity index (χ4n) is 2.58. The van der Waals surface area contributed by atoms with Crippen molar-refractivity contribution in [2.24, 2.45) is 0 Å². The minimum Gasteiger partial charge on any atom is -0.409 e. The van der Waals surface area contributed by atoms with Gasteiger partial charge in [-0.1, -0.05) is 43.0 Å². The van der Waals surface area contributed by atoms with Crippen molar-refractivity contribution in [2.75, 3.05) is 13.2 Å². The normalized spacial score (nSPS) is 15.0. The van der Waals surface area contributed by atoms with Crippen LogP contribution in [0.1, 0.15) is 31.3 Å². The minimum atomic E-state index is -1.78. The lowest BCUT2D eigenvalue weighted by Crippen LogP contribution is -2.05. The number of rotatable bonds is 8. The summed E-state index contributed by atoms with van der Waals surface area (Å²) in [6.07, 6.45) is 1.21.